The van der Waals surface area contributed by atoms with Gasteiger partial charge in [0.1, 0.15) is 0 Å². The third kappa shape index (κ3) is 4.07. The molecular weight excluding hydrogens is 376 g/mol. The van der Waals surface area contributed by atoms with E-state index in [2.05, 4.69) is 51.6 Å². The Morgan fingerprint density at radius 1 is 0.967 bits per heavy atom. The van der Waals surface area contributed by atoms with Crippen LogP contribution in [0.4, 0.5) is 10.5 Å². The lowest BCUT2D eigenvalue weighted by Gasteiger charge is -2.56. The number of imide groups is 1. The van der Waals surface area contributed by atoms with Crippen LogP contribution in [0.3, 0.4) is 0 Å². The summed E-state index contributed by atoms with van der Waals surface area (Å²) in [6.07, 6.45) is 7.33. The van der Waals surface area contributed by atoms with Crippen LogP contribution >= 0.6 is 0 Å². The first-order valence-electron chi connectivity index (χ1n) is 11.6. The zero-order valence-corrected chi connectivity index (χ0v) is 18.0. The predicted molar refractivity (Wildman–Crippen MR) is 117 cm³/mol. The zero-order valence-electron chi connectivity index (χ0n) is 18.0. The van der Waals surface area contributed by atoms with Crippen molar-refractivity contribution in [2.75, 3.05) is 37.6 Å². The van der Waals surface area contributed by atoms with Crippen molar-refractivity contribution in [2.24, 2.45) is 17.8 Å². The monoisotopic (exact) mass is 410 g/mol. The number of benzene rings is 1. The number of anilines is 1. The Labute approximate surface area is 179 Å². The molecule has 3 amide bonds. The number of urea groups is 1. The first kappa shape index (κ1) is 19.9. The third-order valence-corrected chi connectivity index (χ3v) is 7.87. The van der Waals surface area contributed by atoms with Crippen LogP contribution in [0, 0.1) is 24.7 Å². The van der Waals surface area contributed by atoms with E-state index in [9.17, 15) is 9.59 Å². The lowest BCUT2D eigenvalue weighted by Crippen LogP contribution is -2.62. The maximum absolute atomic E-state index is 12.6. The van der Waals surface area contributed by atoms with Gasteiger partial charge in [0.15, 0.2) is 0 Å². The lowest BCUT2D eigenvalue weighted by atomic mass is 9.53. The summed E-state index contributed by atoms with van der Waals surface area (Å²) in [5.41, 5.74) is 2.50. The number of amides is 3. The molecular formula is C24H34N4O2. The van der Waals surface area contributed by atoms with E-state index in [0.29, 0.717) is 0 Å². The van der Waals surface area contributed by atoms with Crippen LogP contribution in [-0.2, 0) is 4.79 Å². The largest absolute Gasteiger partial charge is 0.369 e. The number of nitrogens with zero attached hydrogens (tertiary/aromatic N) is 2. The predicted octanol–water partition coefficient (Wildman–Crippen LogP) is 2.91. The molecule has 4 bridgehead atoms. The van der Waals surface area contributed by atoms with Gasteiger partial charge in [-0.1, -0.05) is 18.2 Å². The fourth-order valence-corrected chi connectivity index (χ4v) is 6.97. The minimum Gasteiger partial charge on any atom is -0.369 e. The van der Waals surface area contributed by atoms with Gasteiger partial charge in [0, 0.05) is 37.4 Å². The quantitative estimate of drug-likeness (QED) is 0.801. The number of hydrogen-bond acceptors (Lipinski definition) is 4. The van der Waals surface area contributed by atoms with Crippen LogP contribution in [0.25, 0.3) is 0 Å². The number of hydrogen-bond donors (Lipinski definition) is 2. The Hall–Kier alpha value is -2.08. The molecule has 2 N–H and O–H groups in total. The molecule has 0 atom stereocenters. The number of aryl methyl sites for hydroxylation is 1. The molecule has 0 aromatic heterocycles. The van der Waals surface area contributed by atoms with E-state index in [4.69, 9.17) is 0 Å². The molecule has 4 aliphatic carbocycles. The molecule has 4 saturated carbocycles. The average molecular weight is 411 g/mol. The number of carbonyl (C=O) groups is 2. The van der Waals surface area contributed by atoms with Gasteiger partial charge in [-0.3, -0.25) is 15.0 Å². The van der Waals surface area contributed by atoms with Crippen molar-refractivity contribution in [1.82, 2.24) is 15.5 Å². The van der Waals surface area contributed by atoms with Gasteiger partial charge >= 0.3 is 6.03 Å². The highest BCUT2D eigenvalue weighted by Crippen LogP contribution is 2.55. The second-order valence-corrected chi connectivity index (χ2v) is 10.2. The molecule has 1 aliphatic heterocycles. The minimum absolute atomic E-state index is 0.0573. The molecule has 1 aromatic rings. The van der Waals surface area contributed by atoms with Gasteiger partial charge < -0.3 is 10.2 Å². The lowest BCUT2D eigenvalue weighted by molar-refractivity contribution is -0.121. The molecule has 1 aromatic carbocycles. The van der Waals surface area contributed by atoms with Gasteiger partial charge in [-0.15, -0.1) is 0 Å². The molecule has 0 spiro atoms. The standard InChI is InChI=1S/C24H34N4O2/c1-17-4-2-3-5-21(17)28-8-6-27(7-9-28)16-22(29)25-23(30)26-24-13-18-10-19(14-24)12-20(11-18)15-24/h2-5,18-20H,6-16H2,1H3,(H2,25,26,29,30). The van der Waals surface area contributed by atoms with Gasteiger partial charge in [0.25, 0.3) is 0 Å². The van der Waals surface area contributed by atoms with Crippen molar-refractivity contribution >= 4 is 17.6 Å². The molecule has 0 radical (unpaired) electrons. The van der Waals surface area contributed by atoms with Crippen molar-refractivity contribution in [3.8, 4) is 0 Å². The molecule has 6 rings (SSSR count). The summed E-state index contributed by atoms with van der Waals surface area (Å²) in [4.78, 5) is 29.6. The summed E-state index contributed by atoms with van der Waals surface area (Å²) in [6.45, 7) is 5.89. The van der Waals surface area contributed by atoms with E-state index in [-0.39, 0.29) is 24.0 Å². The van der Waals surface area contributed by atoms with Gasteiger partial charge in [0.2, 0.25) is 5.91 Å². The molecule has 162 valence electrons. The Bertz CT molecular complexity index is 780. The van der Waals surface area contributed by atoms with Crippen LogP contribution < -0.4 is 15.5 Å². The van der Waals surface area contributed by atoms with Crippen molar-refractivity contribution in [2.45, 2.75) is 51.0 Å². The zero-order chi connectivity index (χ0) is 20.7. The van der Waals surface area contributed by atoms with E-state index in [0.717, 1.165) is 63.2 Å². The van der Waals surface area contributed by atoms with Crippen LogP contribution in [0.15, 0.2) is 24.3 Å². The first-order valence-corrected chi connectivity index (χ1v) is 11.6. The van der Waals surface area contributed by atoms with Crippen LogP contribution in [0.5, 0.6) is 0 Å². The molecule has 1 heterocycles. The summed E-state index contributed by atoms with van der Waals surface area (Å²) in [5, 5.41) is 5.84. The summed E-state index contributed by atoms with van der Waals surface area (Å²) in [6, 6.07) is 8.14. The summed E-state index contributed by atoms with van der Waals surface area (Å²) in [7, 11) is 0. The highest BCUT2D eigenvalue weighted by molar-refractivity contribution is 5.95. The Morgan fingerprint density at radius 3 is 2.17 bits per heavy atom. The average Bonchev–Trinajstić information content (AvgIpc) is 2.67. The topological polar surface area (TPSA) is 64.7 Å². The van der Waals surface area contributed by atoms with Crippen molar-refractivity contribution in [3.63, 3.8) is 0 Å². The summed E-state index contributed by atoms with van der Waals surface area (Å²) < 4.78 is 0. The minimum atomic E-state index is -0.291. The van der Waals surface area contributed by atoms with Crippen molar-refractivity contribution < 1.29 is 9.59 Å². The van der Waals surface area contributed by atoms with Crippen LogP contribution in [0.1, 0.15) is 44.1 Å². The maximum Gasteiger partial charge on any atom is 0.321 e. The molecule has 6 nitrogen and oxygen atoms in total. The second kappa shape index (κ2) is 7.88. The number of carbonyl (C=O) groups excluding carboxylic acids is 2. The molecule has 1 saturated heterocycles. The molecule has 0 unspecified atom stereocenters. The van der Waals surface area contributed by atoms with Gasteiger partial charge in [-0.05, 0) is 74.8 Å². The van der Waals surface area contributed by atoms with Gasteiger partial charge in [-0.2, -0.15) is 0 Å². The third-order valence-electron chi connectivity index (χ3n) is 7.87. The Kier molecular flexibility index (Phi) is 5.21. The molecule has 5 aliphatic rings. The van der Waals surface area contributed by atoms with Crippen molar-refractivity contribution in [3.05, 3.63) is 29.8 Å². The highest BCUT2D eigenvalue weighted by atomic mass is 16.2. The van der Waals surface area contributed by atoms with Crippen molar-refractivity contribution in [1.29, 1.82) is 0 Å². The highest BCUT2D eigenvalue weighted by Gasteiger charge is 2.51. The Balaban J connectivity index is 1.09. The summed E-state index contributed by atoms with van der Waals surface area (Å²) >= 11 is 0. The smallest absolute Gasteiger partial charge is 0.321 e. The normalized spacial score (nSPS) is 32.8. The number of nitrogens with one attached hydrogen (secondary N) is 2. The van der Waals surface area contributed by atoms with E-state index >= 15 is 0 Å². The van der Waals surface area contributed by atoms with Gasteiger partial charge in [-0.25, -0.2) is 4.79 Å². The van der Waals surface area contributed by atoms with E-state index in [1.807, 2.05) is 0 Å². The Morgan fingerprint density at radius 2 is 1.57 bits per heavy atom. The van der Waals surface area contributed by atoms with E-state index < -0.39 is 0 Å². The SMILES string of the molecule is Cc1ccccc1N1CCN(CC(=O)NC(=O)NC23CC4CC(CC(C4)C2)C3)CC1. The van der Waals surface area contributed by atoms with Crippen LogP contribution in [-0.4, -0.2) is 55.1 Å². The summed E-state index contributed by atoms with van der Waals surface area (Å²) in [5.74, 6) is 2.13. The number of piperazine rings is 1. The molecule has 5 fully saturated rings. The van der Waals surface area contributed by atoms with E-state index in [1.165, 1.54) is 30.5 Å². The van der Waals surface area contributed by atoms with E-state index in [1.54, 1.807) is 0 Å². The van der Waals surface area contributed by atoms with Crippen LogP contribution in [0.2, 0.25) is 0 Å². The molecule has 6 heteroatoms. The first-order chi connectivity index (χ1) is 14.5. The fourth-order valence-electron chi connectivity index (χ4n) is 6.97. The second-order valence-electron chi connectivity index (χ2n) is 10.2. The molecule has 30 heavy (non-hydrogen) atoms. The number of para-hydroxylation sites is 1. The maximum atomic E-state index is 12.6. The number of rotatable bonds is 4. The fraction of sp³-hybridized carbons (Fsp3) is 0.667. The van der Waals surface area contributed by atoms with Gasteiger partial charge in [0.05, 0.1) is 6.54 Å².